The molecule has 96 valence electrons. The molecule has 0 saturated heterocycles. The van der Waals surface area contributed by atoms with Gasteiger partial charge < -0.3 is 11.1 Å². The van der Waals surface area contributed by atoms with Crippen LogP contribution in [0, 0.1) is 5.92 Å². The van der Waals surface area contributed by atoms with Gasteiger partial charge in [-0.05, 0) is 44.3 Å². The molecule has 2 atom stereocenters. The van der Waals surface area contributed by atoms with Crippen LogP contribution >= 0.6 is 0 Å². The predicted molar refractivity (Wildman–Crippen MR) is 71.6 cm³/mol. The summed E-state index contributed by atoms with van der Waals surface area (Å²) in [6, 6.07) is 0. The zero-order valence-corrected chi connectivity index (χ0v) is 11.0. The van der Waals surface area contributed by atoms with Gasteiger partial charge in [0.15, 0.2) is 0 Å². The summed E-state index contributed by atoms with van der Waals surface area (Å²) in [6.45, 7) is 4.24. The largest absolute Gasteiger partial charge is 0.330 e. The van der Waals surface area contributed by atoms with Crippen LogP contribution in [0.5, 0.6) is 0 Å². The van der Waals surface area contributed by atoms with Gasteiger partial charge in [0.05, 0.1) is 5.54 Å². The number of fused-ring (bicyclic) bond motifs is 3. The van der Waals surface area contributed by atoms with Gasteiger partial charge in [0.1, 0.15) is 0 Å². The number of carbonyl (C=O) groups excluding carboxylic acids is 1. The van der Waals surface area contributed by atoms with Crippen molar-refractivity contribution in [2.75, 3.05) is 0 Å². The molecule has 3 heteroatoms. The van der Waals surface area contributed by atoms with Gasteiger partial charge in [-0.2, -0.15) is 0 Å². The highest BCUT2D eigenvalue weighted by molar-refractivity contribution is 5.80. The molecule has 0 saturated carbocycles. The lowest BCUT2D eigenvalue weighted by atomic mass is 9.62. The Bertz CT molecular complexity index is 513. The normalized spacial score (nSPS) is 37.3. The van der Waals surface area contributed by atoms with E-state index in [2.05, 4.69) is 31.3 Å². The fraction of sp³-hybridized carbons (Fsp3) is 0.533. The summed E-state index contributed by atoms with van der Waals surface area (Å²) in [6.07, 6.45) is 7.66. The first-order valence-electron chi connectivity index (χ1n) is 6.70. The third-order valence-electron chi connectivity index (χ3n) is 4.49. The van der Waals surface area contributed by atoms with E-state index < -0.39 is 0 Å². The summed E-state index contributed by atoms with van der Waals surface area (Å²) in [5, 5.41) is 3.04. The maximum absolute atomic E-state index is 11.5. The second-order valence-electron chi connectivity index (χ2n) is 5.72. The van der Waals surface area contributed by atoms with E-state index in [4.69, 9.17) is 5.73 Å². The van der Waals surface area contributed by atoms with Crippen molar-refractivity contribution in [2.24, 2.45) is 11.7 Å². The van der Waals surface area contributed by atoms with E-state index in [1.165, 1.54) is 16.7 Å². The number of hydrogen-bond acceptors (Lipinski definition) is 2. The Hall–Kier alpha value is -1.35. The van der Waals surface area contributed by atoms with Crippen LogP contribution in [0.2, 0.25) is 0 Å². The van der Waals surface area contributed by atoms with E-state index in [1.807, 2.05) is 0 Å². The fourth-order valence-electron chi connectivity index (χ4n) is 3.87. The highest BCUT2D eigenvalue weighted by Gasteiger charge is 2.46. The molecule has 0 aromatic heterocycles. The minimum atomic E-state index is -0.348. The van der Waals surface area contributed by atoms with Crippen molar-refractivity contribution in [1.29, 1.82) is 0 Å². The zero-order chi connectivity index (χ0) is 12.9. The molecule has 0 aromatic carbocycles. The van der Waals surface area contributed by atoms with Gasteiger partial charge in [-0.15, -0.1) is 0 Å². The number of hydrogen-bond donors (Lipinski definition) is 2. The Kier molecular flexibility index (Phi) is 2.49. The molecule has 1 unspecified atom stereocenters. The third-order valence-corrected chi connectivity index (χ3v) is 4.49. The molecule has 18 heavy (non-hydrogen) atoms. The van der Waals surface area contributed by atoms with Gasteiger partial charge in [0.25, 0.3) is 0 Å². The number of nitrogens with one attached hydrogen (secondary N) is 1. The highest BCUT2D eigenvalue weighted by atomic mass is 16.1. The number of amides is 1. The van der Waals surface area contributed by atoms with Crippen molar-refractivity contribution in [1.82, 2.24) is 5.32 Å². The average molecular weight is 244 g/mol. The molecule has 3 N–H and O–H groups in total. The summed E-state index contributed by atoms with van der Waals surface area (Å²) in [7, 11) is 0. The van der Waals surface area contributed by atoms with E-state index in [1.54, 1.807) is 0 Å². The predicted octanol–water partition coefficient (Wildman–Crippen LogP) is 2.16. The van der Waals surface area contributed by atoms with Gasteiger partial charge in [0, 0.05) is 18.0 Å². The van der Waals surface area contributed by atoms with Crippen LogP contribution in [0.4, 0.5) is 0 Å². The van der Waals surface area contributed by atoms with Crippen molar-refractivity contribution < 1.29 is 4.79 Å². The Morgan fingerprint density at radius 2 is 2.28 bits per heavy atom. The van der Waals surface area contributed by atoms with E-state index in [9.17, 15) is 4.79 Å². The van der Waals surface area contributed by atoms with Gasteiger partial charge >= 0.3 is 0 Å². The van der Waals surface area contributed by atoms with Crippen LogP contribution in [0.1, 0.15) is 39.5 Å². The molecule has 0 radical (unpaired) electrons. The van der Waals surface area contributed by atoms with Crippen LogP contribution in [-0.4, -0.2) is 11.4 Å². The molecule has 0 fully saturated rings. The smallest absolute Gasteiger partial charge is 0.224 e. The first-order chi connectivity index (χ1) is 8.54. The lowest BCUT2D eigenvalue weighted by molar-refractivity contribution is -0.120. The molecular formula is C15H20N2O. The average Bonchev–Trinajstić information content (AvgIpc) is 2.26. The van der Waals surface area contributed by atoms with Crippen molar-refractivity contribution in [2.45, 2.75) is 45.1 Å². The standard InChI is InChI=1S/C15H20N2O/c1-3-11-10-6-9(2)8-15(11,16)12-4-5-14(18)17-13(12)7-10/h3,6,10H,4-5,7-8,16H2,1-2H3,(H,17,18)/b11-3+/t10?,15-/m0/s1. The highest BCUT2D eigenvalue weighted by Crippen LogP contribution is 2.49. The summed E-state index contributed by atoms with van der Waals surface area (Å²) < 4.78 is 0. The Morgan fingerprint density at radius 3 is 3.00 bits per heavy atom. The lowest BCUT2D eigenvalue weighted by Gasteiger charge is -2.48. The first kappa shape index (κ1) is 11.7. The summed E-state index contributed by atoms with van der Waals surface area (Å²) >= 11 is 0. The summed E-state index contributed by atoms with van der Waals surface area (Å²) in [5.41, 5.74) is 11.4. The fourth-order valence-corrected chi connectivity index (χ4v) is 3.87. The Labute approximate surface area is 108 Å². The lowest BCUT2D eigenvalue weighted by Crippen LogP contribution is -2.53. The monoisotopic (exact) mass is 244 g/mol. The van der Waals surface area contributed by atoms with Crippen molar-refractivity contribution >= 4 is 5.91 Å². The van der Waals surface area contributed by atoms with Gasteiger partial charge in [-0.25, -0.2) is 0 Å². The molecule has 2 aliphatic carbocycles. The minimum Gasteiger partial charge on any atom is -0.330 e. The number of rotatable bonds is 0. The topological polar surface area (TPSA) is 55.1 Å². The minimum absolute atomic E-state index is 0.139. The van der Waals surface area contributed by atoms with Gasteiger partial charge in [-0.3, -0.25) is 4.79 Å². The molecule has 3 rings (SSSR count). The quantitative estimate of drug-likeness (QED) is 0.642. The zero-order valence-electron chi connectivity index (χ0n) is 11.0. The molecular weight excluding hydrogens is 224 g/mol. The van der Waals surface area contributed by atoms with Gasteiger partial charge in [-0.1, -0.05) is 17.7 Å². The van der Waals surface area contributed by atoms with Crippen LogP contribution in [-0.2, 0) is 4.79 Å². The van der Waals surface area contributed by atoms with Crippen molar-refractivity contribution in [3.05, 3.63) is 34.6 Å². The molecule has 3 aliphatic rings. The van der Waals surface area contributed by atoms with Gasteiger partial charge in [0.2, 0.25) is 5.91 Å². The Morgan fingerprint density at radius 1 is 1.50 bits per heavy atom. The van der Waals surface area contributed by atoms with E-state index in [0.717, 1.165) is 25.0 Å². The van der Waals surface area contributed by atoms with Crippen molar-refractivity contribution in [3.63, 3.8) is 0 Å². The Balaban J connectivity index is 2.13. The van der Waals surface area contributed by atoms with Crippen LogP contribution in [0.3, 0.4) is 0 Å². The molecule has 2 bridgehead atoms. The van der Waals surface area contributed by atoms with E-state index >= 15 is 0 Å². The van der Waals surface area contributed by atoms with Crippen LogP contribution in [0.15, 0.2) is 34.6 Å². The number of nitrogens with two attached hydrogens (primary N) is 1. The van der Waals surface area contributed by atoms with Crippen LogP contribution < -0.4 is 11.1 Å². The maximum Gasteiger partial charge on any atom is 0.224 e. The SMILES string of the molecule is C/C=C1\C2C=C(C)C[C@@]1(N)C1=C(C2)NC(=O)CC1. The van der Waals surface area contributed by atoms with E-state index in [0.29, 0.717) is 12.3 Å². The van der Waals surface area contributed by atoms with E-state index in [-0.39, 0.29) is 11.4 Å². The van der Waals surface area contributed by atoms with Crippen molar-refractivity contribution in [3.8, 4) is 0 Å². The molecule has 1 aliphatic heterocycles. The molecule has 0 spiro atoms. The molecule has 3 nitrogen and oxygen atoms in total. The summed E-state index contributed by atoms with van der Waals surface area (Å²) in [5.74, 6) is 0.506. The number of carbonyl (C=O) groups is 1. The molecule has 1 amide bonds. The maximum atomic E-state index is 11.5. The molecule has 0 aromatic rings. The van der Waals surface area contributed by atoms with Crippen LogP contribution in [0.25, 0.3) is 0 Å². The third kappa shape index (κ3) is 1.50. The first-order valence-corrected chi connectivity index (χ1v) is 6.70. The summed E-state index contributed by atoms with van der Waals surface area (Å²) in [4.78, 5) is 11.5. The number of allylic oxidation sites excluding steroid dienone is 3. The second-order valence-corrected chi connectivity index (χ2v) is 5.72. The molecule has 1 heterocycles. The second kappa shape index (κ2) is 3.82.